The lowest BCUT2D eigenvalue weighted by molar-refractivity contribution is -0.159. The molecule has 14 nitrogen and oxygen atoms in total. The Hall–Kier alpha value is -4.22. The molecule has 0 saturated carbocycles. The zero-order valence-electron chi connectivity index (χ0n) is 27.3. The Labute approximate surface area is 286 Å². The summed E-state index contributed by atoms with van der Waals surface area (Å²) >= 11 is 2.15. The number of nitrogens with zero attached hydrogens (tertiary/aromatic N) is 2. The van der Waals surface area contributed by atoms with Gasteiger partial charge >= 0.3 is 18.0 Å². The van der Waals surface area contributed by atoms with Crippen LogP contribution >= 0.6 is 23.1 Å². The van der Waals surface area contributed by atoms with Crippen LogP contribution in [0, 0.1) is 0 Å². The fourth-order valence-corrected chi connectivity index (χ4v) is 7.66. The zero-order chi connectivity index (χ0) is 35.6. The normalized spacial score (nSPS) is 18.4. The van der Waals surface area contributed by atoms with Crippen molar-refractivity contribution in [3.8, 4) is 0 Å². The molecule has 2 aliphatic heterocycles. The quantitative estimate of drug-likeness (QED) is 0.165. The van der Waals surface area contributed by atoms with E-state index in [4.69, 9.17) is 14.2 Å². The minimum absolute atomic E-state index is 0.0382. The Balaban J connectivity index is 1.64. The van der Waals surface area contributed by atoms with E-state index in [2.05, 4.69) is 15.6 Å². The summed E-state index contributed by atoms with van der Waals surface area (Å²) in [5.74, 6) is -2.78. The van der Waals surface area contributed by atoms with Crippen LogP contribution in [-0.4, -0.2) is 83.1 Å². The third kappa shape index (κ3) is 9.02. The molecule has 4 rings (SSSR count). The van der Waals surface area contributed by atoms with E-state index in [1.807, 2.05) is 0 Å². The van der Waals surface area contributed by atoms with Crippen LogP contribution in [0.5, 0.6) is 0 Å². The molecule has 3 amide bonds. The van der Waals surface area contributed by atoms with E-state index in [0.717, 1.165) is 16.7 Å². The molecule has 48 heavy (non-hydrogen) atoms. The lowest BCUT2D eigenvalue weighted by Gasteiger charge is -2.50. The number of thioether (sulfide) groups is 1. The highest BCUT2D eigenvalue weighted by molar-refractivity contribution is 8.00. The first-order chi connectivity index (χ1) is 22.3. The Morgan fingerprint density at radius 3 is 2.29 bits per heavy atom. The third-order valence-corrected chi connectivity index (χ3v) is 9.93. The number of amides is 3. The van der Waals surface area contributed by atoms with Gasteiger partial charge in [-0.05, 0) is 53.7 Å². The van der Waals surface area contributed by atoms with Crippen LogP contribution in [0.4, 0.5) is 9.93 Å². The summed E-state index contributed by atoms with van der Waals surface area (Å²) in [7, 11) is -4.19. The predicted octanol–water partition coefficient (Wildman–Crippen LogP) is 3.86. The van der Waals surface area contributed by atoms with E-state index in [1.165, 1.54) is 53.2 Å². The number of nitrogens with one attached hydrogen (secondary N) is 2. The van der Waals surface area contributed by atoms with Gasteiger partial charge in [-0.3, -0.25) is 24.6 Å². The van der Waals surface area contributed by atoms with E-state index in [1.54, 1.807) is 47.6 Å². The van der Waals surface area contributed by atoms with Crippen LogP contribution in [0.2, 0.25) is 0 Å². The predicted molar refractivity (Wildman–Crippen MR) is 178 cm³/mol. The maximum Gasteiger partial charge on any atom is 0.413 e. The number of aromatic nitrogens is 1. The number of fused-ring (bicyclic) bond motifs is 1. The number of sulfone groups is 1. The number of esters is 2. The molecule has 1 unspecified atom stereocenters. The Morgan fingerprint density at radius 1 is 1.04 bits per heavy atom. The summed E-state index contributed by atoms with van der Waals surface area (Å²) in [6, 6.07) is 6.26. The van der Waals surface area contributed by atoms with Crippen molar-refractivity contribution in [3.05, 3.63) is 58.1 Å². The van der Waals surface area contributed by atoms with Crippen molar-refractivity contribution in [3.63, 3.8) is 0 Å². The Bertz CT molecular complexity index is 1790. The van der Waals surface area contributed by atoms with Crippen LogP contribution in [-0.2, 0) is 43.2 Å². The van der Waals surface area contributed by atoms with E-state index in [9.17, 15) is 32.4 Å². The maximum absolute atomic E-state index is 13.8. The Kier molecular flexibility index (Phi) is 10.8. The smallest absolute Gasteiger partial charge is 0.413 e. The van der Waals surface area contributed by atoms with Crippen molar-refractivity contribution in [2.75, 3.05) is 17.7 Å². The molecule has 258 valence electrons. The number of benzene rings is 1. The van der Waals surface area contributed by atoms with Crippen LogP contribution in [0.15, 0.2) is 57.3 Å². The monoisotopic (exact) mass is 720 g/mol. The molecule has 2 aliphatic rings. The highest BCUT2D eigenvalue weighted by atomic mass is 32.2. The first-order valence-electron chi connectivity index (χ1n) is 14.6. The zero-order valence-corrected chi connectivity index (χ0v) is 29.8. The number of hydrogen-bond acceptors (Lipinski definition) is 13. The standard InChI is InChI=1S/C31H36N4O10S3/c1-17(36)43-13-18-14-46-26-22(25(38)35(26)23(18)27(39)44-30(2,3)4)33-24(37)20(16-48(41,42)19-11-9-8-10-12-19)21-15-47-28(32-21)34-29(40)45-31(5,6)7/h8-12,15-16,22,26H,13-14H2,1-7H3,(H,33,37)(H,32,34,40)/b20-16-/t22?,26-/m1/s1. The minimum atomic E-state index is -4.19. The fourth-order valence-electron chi connectivity index (χ4n) is 4.43. The fraction of sp³-hybridized carbons (Fsp3) is 0.419. The molecule has 1 fully saturated rings. The van der Waals surface area contributed by atoms with Gasteiger partial charge in [0.15, 0.2) is 5.13 Å². The number of carbonyl (C=O) groups is 5. The third-order valence-electron chi connectivity index (χ3n) is 6.35. The molecule has 0 radical (unpaired) electrons. The number of thiazole rings is 1. The number of rotatable bonds is 9. The molecule has 0 aliphatic carbocycles. The van der Waals surface area contributed by atoms with Gasteiger partial charge in [-0.15, -0.1) is 23.1 Å². The van der Waals surface area contributed by atoms with Crippen LogP contribution in [0.3, 0.4) is 0 Å². The summed E-state index contributed by atoms with van der Waals surface area (Å²) < 4.78 is 42.6. The lowest BCUT2D eigenvalue weighted by Crippen LogP contribution is -2.70. The van der Waals surface area contributed by atoms with Crippen LogP contribution < -0.4 is 10.6 Å². The molecular weight excluding hydrogens is 685 g/mol. The molecule has 1 saturated heterocycles. The van der Waals surface area contributed by atoms with Crippen molar-refractivity contribution in [1.82, 2.24) is 15.2 Å². The first-order valence-corrected chi connectivity index (χ1v) is 18.1. The van der Waals surface area contributed by atoms with Gasteiger partial charge in [0, 0.05) is 23.6 Å². The van der Waals surface area contributed by atoms with Gasteiger partial charge < -0.3 is 19.5 Å². The number of anilines is 1. The molecule has 0 bridgehead atoms. The Morgan fingerprint density at radius 2 is 1.69 bits per heavy atom. The molecule has 0 spiro atoms. The van der Waals surface area contributed by atoms with Gasteiger partial charge in [0.25, 0.3) is 11.8 Å². The van der Waals surface area contributed by atoms with E-state index in [-0.39, 0.29) is 33.8 Å². The maximum atomic E-state index is 13.8. The van der Waals surface area contributed by atoms with Gasteiger partial charge in [0.05, 0.1) is 21.6 Å². The molecule has 2 atom stereocenters. The summed E-state index contributed by atoms with van der Waals surface area (Å²) in [4.78, 5) is 69.7. The first kappa shape index (κ1) is 36.6. The topological polar surface area (TPSA) is 187 Å². The second-order valence-corrected chi connectivity index (χ2v) is 16.4. The van der Waals surface area contributed by atoms with Crippen molar-refractivity contribution in [2.45, 2.75) is 76.0 Å². The SMILES string of the molecule is CC(=O)OCC1=C(C(=O)OC(C)(C)C)N2C(=O)C(NC(=O)/C(=C\S(=O)(=O)c3ccccc3)c3csc(NC(=O)OC(C)(C)C)n3)[C@H]2SC1. The van der Waals surface area contributed by atoms with Crippen LogP contribution in [0.1, 0.15) is 54.2 Å². The number of hydrogen-bond donors (Lipinski definition) is 2. The van der Waals surface area contributed by atoms with Crippen molar-refractivity contribution in [1.29, 1.82) is 0 Å². The molecule has 3 heterocycles. The van der Waals surface area contributed by atoms with Gasteiger partial charge in [0.1, 0.15) is 34.9 Å². The average molecular weight is 721 g/mol. The second-order valence-electron chi connectivity index (χ2n) is 12.6. The van der Waals surface area contributed by atoms with Crippen molar-refractivity contribution in [2.24, 2.45) is 0 Å². The van der Waals surface area contributed by atoms with Crippen molar-refractivity contribution < 1.29 is 46.6 Å². The summed E-state index contributed by atoms with van der Waals surface area (Å²) in [6.45, 7) is 11.0. The molecule has 2 aromatic rings. The van der Waals surface area contributed by atoms with E-state index in [0.29, 0.717) is 5.57 Å². The summed E-state index contributed by atoms with van der Waals surface area (Å²) in [6.07, 6.45) is -0.799. The second kappa shape index (κ2) is 14.1. The van der Waals surface area contributed by atoms with Gasteiger partial charge in [0.2, 0.25) is 9.84 Å². The number of carbonyl (C=O) groups excluding carboxylic acids is 5. The minimum Gasteiger partial charge on any atom is -0.461 e. The molecule has 1 aromatic heterocycles. The van der Waals surface area contributed by atoms with Crippen LogP contribution in [0.25, 0.3) is 5.57 Å². The van der Waals surface area contributed by atoms with Crippen molar-refractivity contribution >= 4 is 73.5 Å². The molecule has 17 heteroatoms. The highest BCUT2D eigenvalue weighted by Crippen LogP contribution is 2.41. The van der Waals surface area contributed by atoms with Gasteiger partial charge in [-0.25, -0.2) is 23.0 Å². The lowest BCUT2D eigenvalue weighted by atomic mass is 10.0. The highest BCUT2D eigenvalue weighted by Gasteiger charge is 2.55. The molecule has 2 N–H and O–H groups in total. The summed E-state index contributed by atoms with van der Waals surface area (Å²) in [5.41, 5.74) is -1.88. The van der Waals surface area contributed by atoms with Gasteiger partial charge in [-0.1, -0.05) is 18.2 Å². The summed E-state index contributed by atoms with van der Waals surface area (Å²) in [5, 5.41) is 6.48. The molecule has 1 aromatic carbocycles. The van der Waals surface area contributed by atoms with Gasteiger partial charge in [-0.2, -0.15) is 0 Å². The number of ether oxygens (including phenoxy) is 3. The molecular formula is C31H36N4O10S3. The number of β-lactam (4-membered cyclic amide) rings is 1. The van der Waals surface area contributed by atoms with E-state index < -0.39 is 67.9 Å². The van der Waals surface area contributed by atoms with E-state index >= 15 is 0 Å². The average Bonchev–Trinajstić information content (AvgIpc) is 3.43. The largest absolute Gasteiger partial charge is 0.461 e.